The fraction of sp³-hybridized carbons (Fsp3) is 0.545. The Balaban J connectivity index is 3.24. The predicted molar refractivity (Wildman–Crippen MR) is 105 cm³/mol. The van der Waals surface area contributed by atoms with Gasteiger partial charge in [-0.2, -0.15) is 0 Å². The second-order valence-electron chi connectivity index (χ2n) is 7.15. The van der Waals surface area contributed by atoms with E-state index in [1.54, 1.807) is 6.92 Å². The molecule has 0 fully saturated rings. The Morgan fingerprint density at radius 1 is 1.04 bits per heavy atom. The van der Waals surface area contributed by atoms with Crippen LogP contribution in [-0.2, 0) is 6.42 Å². The molecule has 1 aromatic rings. The lowest BCUT2D eigenvalue weighted by Gasteiger charge is -2.22. The van der Waals surface area contributed by atoms with Crippen LogP contribution in [0.4, 0.5) is 0 Å². The van der Waals surface area contributed by atoms with Gasteiger partial charge in [0.1, 0.15) is 0 Å². The molecular formula is C22H33NO. The fourth-order valence-corrected chi connectivity index (χ4v) is 2.91. The van der Waals surface area contributed by atoms with Crippen LogP contribution in [-0.4, -0.2) is 11.5 Å². The minimum atomic E-state index is 0.115. The molecule has 2 atom stereocenters. The van der Waals surface area contributed by atoms with Crippen molar-refractivity contribution in [3.63, 3.8) is 0 Å². The SMILES string of the molecule is CCC(C)C(CC)Cc1cc(C(C)=O)cc(C(C)=NC=C(C)C)c1. The normalized spacial score (nSPS) is 14.2. The molecule has 0 aliphatic heterocycles. The van der Waals surface area contributed by atoms with E-state index in [1.807, 2.05) is 33.0 Å². The second-order valence-corrected chi connectivity index (χ2v) is 7.15. The van der Waals surface area contributed by atoms with Crippen molar-refractivity contribution in [1.29, 1.82) is 0 Å². The van der Waals surface area contributed by atoms with Crippen molar-refractivity contribution in [2.75, 3.05) is 0 Å². The van der Waals surface area contributed by atoms with E-state index in [1.165, 1.54) is 24.0 Å². The van der Waals surface area contributed by atoms with Crippen molar-refractivity contribution in [3.8, 4) is 0 Å². The first-order valence-electron chi connectivity index (χ1n) is 9.11. The van der Waals surface area contributed by atoms with Crippen LogP contribution in [0.15, 0.2) is 35.0 Å². The number of hydrogen-bond donors (Lipinski definition) is 0. The maximum Gasteiger partial charge on any atom is 0.159 e. The Labute approximate surface area is 148 Å². The molecule has 0 aliphatic rings. The highest BCUT2D eigenvalue weighted by atomic mass is 16.1. The molecule has 0 amide bonds. The Bertz CT molecular complexity index is 621. The summed E-state index contributed by atoms with van der Waals surface area (Å²) in [6.45, 7) is 14.5. The second kappa shape index (κ2) is 9.56. The largest absolute Gasteiger partial charge is 0.295 e. The molecule has 2 heteroatoms. The summed E-state index contributed by atoms with van der Waals surface area (Å²) < 4.78 is 0. The van der Waals surface area contributed by atoms with E-state index < -0.39 is 0 Å². The van der Waals surface area contributed by atoms with Crippen molar-refractivity contribution < 1.29 is 4.79 Å². The highest BCUT2D eigenvalue weighted by Gasteiger charge is 2.16. The van der Waals surface area contributed by atoms with Gasteiger partial charge in [-0.1, -0.05) is 39.2 Å². The molecule has 1 rings (SSSR count). The van der Waals surface area contributed by atoms with E-state index >= 15 is 0 Å². The molecule has 0 aromatic heterocycles. The van der Waals surface area contributed by atoms with Gasteiger partial charge in [0.15, 0.2) is 5.78 Å². The van der Waals surface area contributed by atoms with E-state index in [0.29, 0.717) is 11.8 Å². The monoisotopic (exact) mass is 327 g/mol. The zero-order valence-corrected chi connectivity index (χ0v) is 16.4. The van der Waals surface area contributed by atoms with E-state index in [4.69, 9.17) is 0 Å². The molecule has 1 aromatic carbocycles. The summed E-state index contributed by atoms with van der Waals surface area (Å²) in [6, 6.07) is 6.23. The number of ketones is 1. The van der Waals surface area contributed by atoms with Gasteiger partial charge in [0, 0.05) is 17.5 Å². The molecule has 0 aliphatic carbocycles. The molecule has 24 heavy (non-hydrogen) atoms. The number of rotatable bonds is 8. The van der Waals surface area contributed by atoms with Crippen molar-refractivity contribution in [3.05, 3.63) is 46.7 Å². The van der Waals surface area contributed by atoms with Crippen LogP contribution in [0.1, 0.15) is 82.8 Å². The van der Waals surface area contributed by atoms with Gasteiger partial charge in [0.05, 0.1) is 0 Å². The van der Waals surface area contributed by atoms with Gasteiger partial charge in [-0.25, -0.2) is 0 Å². The lowest BCUT2D eigenvalue weighted by Crippen LogP contribution is -2.14. The van der Waals surface area contributed by atoms with Crippen molar-refractivity contribution in [2.24, 2.45) is 16.8 Å². The first kappa shape index (κ1) is 20.3. The summed E-state index contributed by atoms with van der Waals surface area (Å²) in [4.78, 5) is 16.5. The standard InChI is InChI=1S/C22H33NO/c1-8-16(5)20(9-2)10-19-11-21(13-22(12-19)18(7)24)17(6)23-14-15(3)4/h11-14,16,20H,8-10H2,1-7H3. The molecule has 0 N–H and O–H groups in total. The lowest BCUT2D eigenvalue weighted by atomic mass is 9.83. The van der Waals surface area contributed by atoms with E-state index in [-0.39, 0.29) is 5.78 Å². The van der Waals surface area contributed by atoms with Gasteiger partial charge >= 0.3 is 0 Å². The van der Waals surface area contributed by atoms with Gasteiger partial charge in [0.25, 0.3) is 0 Å². The third kappa shape index (κ3) is 6.07. The average molecular weight is 328 g/mol. The van der Waals surface area contributed by atoms with Gasteiger partial charge < -0.3 is 0 Å². The average Bonchev–Trinajstić information content (AvgIpc) is 2.56. The van der Waals surface area contributed by atoms with Crippen LogP contribution >= 0.6 is 0 Å². The van der Waals surface area contributed by atoms with Crippen LogP contribution in [0.5, 0.6) is 0 Å². The number of nitrogens with zero attached hydrogens (tertiary/aromatic N) is 1. The van der Waals surface area contributed by atoms with Crippen molar-refractivity contribution >= 4 is 11.5 Å². The molecule has 0 bridgehead atoms. The predicted octanol–water partition coefficient (Wildman–Crippen LogP) is 6.24. The molecular weight excluding hydrogens is 294 g/mol. The minimum Gasteiger partial charge on any atom is -0.295 e. The molecule has 0 saturated heterocycles. The number of hydrogen-bond acceptors (Lipinski definition) is 2. The molecule has 2 unspecified atom stereocenters. The highest BCUT2D eigenvalue weighted by molar-refractivity contribution is 6.02. The summed E-state index contributed by atoms with van der Waals surface area (Å²) in [5.74, 6) is 1.46. The van der Waals surface area contributed by atoms with Gasteiger partial charge in [0.2, 0.25) is 0 Å². The molecule has 0 spiro atoms. The molecule has 0 saturated carbocycles. The fourth-order valence-electron chi connectivity index (χ4n) is 2.91. The van der Waals surface area contributed by atoms with Crippen molar-refractivity contribution in [1.82, 2.24) is 0 Å². The number of carbonyl (C=O) groups is 1. The lowest BCUT2D eigenvalue weighted by molar-refractivity contribution is 0.101. The number of aliphatic imine (C=N–C) groups is 1. The number of benzene rings is 1. The van der Waals surface area contributed by atoms with Gasteiger partial charge in [-0.15, -0.1) is 0 Å². The van der Waals surface area contributed by atoms with Crippen LogP contribution < -0.4 is 0 Å². The summed E-state index contributed by atoms with van der Waals surface area (Å²) in [6.07, 6.45) is 5.26. The summed E-state index contributed by atoms with van der Waals surface area (Å²) in [7, 11) is 0. The highest BCUT2D eigenvalue weighted by Crippen LogP contribution is 2.25. The van der Waals surface area contributed by atoms with E-state index in [0.717, 1.165) is 23.3 Å². The summed E-state index contributed by atoms with van der Waals surface area (Å²) in [5, 5.41) is 0. The topological polar surface area (TPSA) is 29.4 Å². The molecule has 0 radical (unpaired) electrons. The van der Waals surface area contributed by atoms with Gasteiger partial charge in [-0.3, -0.25) is 9.79 Å². The number of allylic oxidation sites excluding steroid dienone is 1. The van der Waals surface area contributed by atoms with E-state index in [9.17, 15) is 4.79 Å². The number of carbonyl (C=O) groups excluding carboxylic acids is 1. The van der Waals surface area contributed by atoms with Gasteiger partial charge in [-0.05, 0) is 75.3 Å². The first-order valence-corrected chi connectivity index (χ1v) is 9.11. The Hall–Kier alpha value is -1.70. The Morgan fingerprint density at radius 2 is 1.67 bits per heavy atom. The third-order valence-corrected chi connectivity index (χ3v) is 4.80. The summed E-state index contributed by atoms with van der Waals surface area (Å²) >= 11 is 0. The Kier molecular flexibility index (Phi) is 8.10. The molecule has 0 heterocycles. The zero-order chi connectivity index (χ0) is 18.3. The Morgan fingerprint density at radius 3 is 2.17 bits per heavy atom. The van der Waals surface area contributed by atoms with Crippen LogP contribution in [0.2, 0.25) is 0 Å². The van der Waals surface area contributed by atoms with E-state index in [2.05, 4.69) is 37.9 Å². The zero-order valence-electron chi connectivity index (χ0n) is 16.4. The van der Waals surface area contributed by atoms with Crippen LogP contribution in [0.25, 0.3) is 0 Å². The smallest absolute Gasteiger partial charge is 0.159 e. The van der Waals surface area contributed by atoms with Crippen LogP contribution in [0, 0.1) is 11.8 Å². The number of Topliss-reactive ketones (excluding diaryl/α,β-unsaturated/α-hetero) is 1. The summed E-state index contributed by atoms with van der Waals surface area (Å²) in [5.41, 5.74) is 5.20. The first-order chi connectivity index (χ1) is 11.3. The minimum absolute atomic E-state index is 0.115. The maximum atomic E-state index is 11.9. The third-order valence-electron chi connectivity index (χ3n) is 4.80. The van der Waals surface area contributed by atoms with Crippen molar-refractivity contribution in [2.45, 2.75) is 67.7 Å². The molecule has 132 valence electrons. The maximum absolute atomic E-state index is 11.9. The van der Waals surface area contributed by atoms with Crippen LogP contribution in [0.3, 0.4) is 0 Å². The quantitative estimate of drug-likeness (QED) is 0.410. The molecule has 2 nitrogen and oxygen atoms in total.